The summed E-state index contributed by atoms with van der Waals surface area (Å²) in [5.74, 6) is 0.502. The van der Waals surface area contributed by atoms with Crippen molar-refractivity contribution in [1.29, 1.82) is 0 Å². The fourth-order valence-corrected chi connectivity index (χ4v) is 4.19. The van der Waals surface area contributed by atoms with Gasteiger partial charge in [-0.3, -0.25) is 9.69 Å². The summed E-state index contributed by atoms with van der Waals surface area (Å²) in [5.41, 5.74) is 0.336. The average molecular weight is 344 g/mol. The molecule has 0 radical (unpaired) electrons. The fraction of sp³-hybridized carbons (Fsp3) is 0.600. The van der Waals surface area contributed by atoms with E-state index in [4.69, 9.17) is 0 Å². The topological polar surface area (TPSA) is 69.6 Å². The monoisotopic (exact) mass is 344 g/mol. The van der Waals surface area contributed by atoms with Crippen molar-refractivity contribution in [2.24, 2.45) is 5.92 Å². The number of carboxylic acid groups (broad SMARTS) is 1. The maximum absolute atomic E-state index is 12.3. The molecular weight excluding hydrogens is 316 g/mol. The third-order valence-corrected chi connectivity index (χ3v) is 5.60. The van der Waals surface area contributed by atoms with Crippen LogP contribution in [0.15, 0.2) is 30.3 Å². The average Bonchev–Trinajstić information content (AvgIpc) is 3.42. The van der Waals surface area contributed by atoms with Crippen LogP contribution in [0.5, 0.6) is 0 Å². The summed E-state index contributed by atoms with van der Waals surface area (Å²) in [4.78, 5) is 26.1. The Morgan fingerprint density at radius 2 is 2.04 bits per heavy atom. The fourth-order valence-electron chi connectivity index (χ4n) is 4.19. The van der Waals surface area contributed by atoms with E-state index in [1.54, 1.807) is 4.90 Å². The van der Waals surface area contributed by atoms with Crippen LogP contribution in [-0.2, 0) is 10.3 Å². The minimum Gasteiger partial charge on any atom is -0.465 e. The largest absolute Gasteiger partial charge is 0.465 e. The van der Waals surface area contributed by atoms with Crippen LogP contribution in [0.25, 0.3) is 0 Å². The summed E-state index contributed by atoms with van der Waals surface area (Å²) in [5, 5.41) is 13.2. The van der Waals surface area contributed by atoms with Crippen molar-refractivity contribution in [1.82, 2.24) is 10.2 Å². The lowest BCUT2D eigenvalue weighted by Crippen LogP contribution is -2.59. The van der Waals surface area contributed by atoms with Crippen LogP contribution in [-0.4, -0.2) is 34.6 Å². The first kappa shape index (κ1) is 17.8. The van der Waals surface area contributed by atoms with E-state index in [0.29, 0.717) is 5.92 Å². The summed E-state index contributed by atoms with van der Waals surface area (Å²) in [6, 6.07) is 9.75. The molecule has 136 valence electrons. The molecule has 2 atom stereocenters. The molecule has 1 saturated heterocycles. The Bertz CT molecular complexity index is 615. The molecule has 2 fully saturated rings. The minimum atomic E-state index is -0.928. The first-order chi connectivity index (χ1) is 12.1. The van der Waals surface area contributed by atoms with Gasteiger partial charge in [-0.25, -0.2) is 4.79 Å². The third kappa shape index (κ3) is 3.65. The molecule has 5 nitrogen and oxygen atoms in total. The van der Waals surface area contributed by atoms with Crippen LogP contribution < -0.4 is 5.32 Å². The SMILES string of the molecule is CCCCC1NC(=O)CCN(C(=O)O)C1(CC1CC1)c1ccccc1. The summed E-state index contributed by atoms with van der Waals surface area (Å²) in [6.45, 7) is 2.38. The van der Waals surface area contributed by atoms with Crippen molar-refractivity contribution in [3.8, 4) is 0 Å². The summed E-state index contributed by atoms with van der Waals surface area (Å²) >= 11 is 0. The molecule has 1 aliphatic heterocycles. The Labute approximate surface area is 149 Å². The normalized spacial score (nSPS) is 26.8. The van der Waals surface area contributed by atoms with E-state index < -0.39 is 11.6 Å². The maximum Gasteiger partial charge on any atom is 0.408 e. The number of amides is 2. The van der Waals surface area contributed by atoms with Gasteiger partial charge in [0, 0.05) is 13.0 Å². The second kappa shape index (κ2) is 7.46. The molecule has 2 N–H and O–H groups in total. The number of unbranched alkanes of at least 4 members (excludes halogenated alkanes) is 1. The first-order valence-electron chi connectivity index (χ1n) is 9.43. The second-order valence-electron chi connectivity index (χ2n) is 7.38. The molecule has 1 heterocycles. The Morgan fingerprint density at radius 3 is 2.64 bits per heavy atom. The molecule has 3 rings (SSSR count). The van der Waals surface area contributed by atoms with Gasteiger partial charge in [-0.05, 0) is 24.3 Å². The molecule has 2 amide bonds. The van der Waals surface area contributed by atoms with Crippen LogP contribution in [0.1, 0.15) is 57.4 Å². The highest BCUT2D eigenvalue weighted by atomic mass is 16.4. The lowest BCUT2D eigenvalue weighted by atomic mass is 9.75. The van der Waals surface area contributed by atoms with Crippen LogP contribution in [0.3, 0.4) is 0 Å². The predicted molar refractivity (Wildman–Crippen MR) is 96.3 cm³/mol. The van der Waals surface area contributed by atoms with Crippen LogP contribution in [0.2, 0.25) is 0 Å². The predicted octanol–water partition coefficient (Wildman–Crippen LogP) is 3.74. The zero-order valence-electron chi connectivity index (χ0n) is 14.9. The van der Waals surface area contributed by atoms with Crippen molar-refractivity contribution >= 4 is 12.0 Å². The molecule has 1 aromatic carbocycles. The van der Waals surface area contributed by atoms with E-state index in [2.05, 4.69) is 12.2 Å². The van der Waals surface area contributed by atoms with Crippen LogP contribution in [0.4, 0.5) is 4.79 Å². The quantitative estimate of drug-likeness (QED) is 0.826. The van der Waals surface area contributed by atoms with Gasteiger partial charge >= 0.3 is 6.09 Å². The van der Waals surface area contributed by atoms with Crippen molar-refractivity contribution in [2.45, 2.75) is 63.5 Å². The van der Waals surface area contributed by atoms with E-state index in [1.165, 1.54) is 0 Å². The molecular formula is C20H28N2O3. The van der Waals surface area contributed by atoms with Gasteiger partial charge in [0.25, 0.3) is 0 Å². The number of carbonyl (C=O) groups is 2. The van der Waals surface area contributed by atoms with Gasteiger partial charge in [0.05, 0.1) is 11.6 Å². The molecule has 1 aromatic rings. The van der Waals surface area contributed by atoms with Crippen LogP contribution >= 0.6 is 0 Å². The maximum atomic E-state index is 12.3. The molecule has 0 spiro atoms. The molecule has 0 aromatic heterocycles. The molecule has 2 aliphatic rings. The van der Waals surface area contributed by atoms with Gasteiger partial charge < -0.3 is 10.4 Å². The zero-order chi connectivity index (χ0) is 17.9. The number of hydrogen-bond donors (Lipinski definition) is 2. The second-order valence-corrected chi connectivity index (χ2v) is 7.38. The number of carbonyl (C=O) groups excluding carboxylic acids is 1. The number of rotatable bonds is 6. The Kier molecular flexibility index (Phi) is 5.30. The third-order valence-electron chi connectivity index (χ3n) is 5.60. The summed E-state index contributed by atoms with van der Waals surface area (Å²) < 4.78 is 0. The van der Waals surface area contributed by atoms with E-state index in [0.717, 1.165) is 44.1 Å². The van der Waals surface area contributed by atoms with E-state index in [1.807, 2.05) is 30.3 Å². The van der Waals surface area contributed by atoms with Gasteiger partial charge in [0.15, 0.2) is 0 Å². The molecule has 0 bridgehead atoms. The molecule has 2 unspecified atom stereocenters. The van der Waals surface area contributed by atoms with Gasteiger partial charge in [-0.2, -0.15) is 0 Å². The van der Waals surface area contributed by atoms with Crippen molar-refractivity contribution < 1.29 is 14.7 Å². The van der Waals surface area contributed by atoms with Crippen molar-refractivity contribution in [2.75, 3.05) is 6.54 Å². The highest BCUT2D eigenvalue weighted by Crippen LogP contribution is 2.47. The lowest BCUT2D eigenvalue weighted by Gasteiger charge is -2.47. The number of hydrogen-bond acceptors (Lipinski definition) is 2. The minimum absolute atomic E-state index is 0.0408. The first-order valence-corrected chi connectivity index (χ1v) is 9.43. The summed E-state index contributed by atoms with van der Waals surface area (Å²) in [6.07, 6.45) is 5.18. The lowest BCUT2D eigenvalue weighted by molar-refractivity contribution is -0.121. The Balaban J connectivity index is 2.12. The molecule has 5 heteroatoms. The van der Waals surface area contributed by atoms with E-state index >= 15 is 0 Å². The zero-order valence-corrected chi connectivity index (χ0v) is 14.9. The number of benzene rings is 1. The number of nitrogens with zero attached hydrogens (tertiary/aromatic N) is 1. The highest BCUT2D eigenvalue weighted by molar-refractivity contribution is 5.79. The van der Waals surface area contributed by atoms with Gasteiger partial charge in [0.2, 0.25) is 5.91 Å². The van der Waals surface area contributed by atoms with Gasteiger partial charge in [-0.1, -0.05) is 62.9 Å². The number of nitrogens with one attached hydrogen (secondary N) is 1. The van der Waals surface area contributed by atoms with Gasteiger partial charge in [0.1, 0.15) is 0 Å². The highest BCUT2D eigenvalue weighted by Gasteiger charge is 2.52. The van der Waals surface area contributed by atoms with E-state index in [-0.39, 0.29) is 24.9 Å². The molecule has 1 saturated carbocycles. The smallest absolute Gasteiger partial charge is 0.408 e. The molecule has 1 aliphatic carbocycles. The van der Waals surface area contributed by atoms with E-state index in [9.17, 15) is 14.7 Å². The Morgan fingerprint density at radius 1 is 1.32 bits per heavy atom. The van der Waals surface area contributed by atoms with Crippen LogP contribution in [0, 0.1) is 5.92 Å². The Hall–Kier alpha value is -2.04. The summed E-state index contributed by atoms with van der Waals surface area (Å²) in [7, 11) is 0. The molecule has 25 heavy (non-hydrogen) atoms. The van der Waals surface area contributed by atoms with Gasteiger partial charge in [-0.15, -0.1) is 0 Å². The standard InChI is InChI=1S/C20H28N2O3/c1-2-3-9-17-20(14-15-10-11-15,16-7-5-4-6-8-16)22(19(24)25)13-12-18(23)21-17/h4-8,15,17H,2-3,9-14H2,1H3,(H,21,23)(H,24,25). The van der Waals surface area contributed by atoms with Crippen molar-refractivity contribution in [3.63, 3.8) is 0 Å². The van der Waals surface area contributed by atoms with Crippen molar-refractivity contribution in [3.05, 3.63) is 35.9 Å².